The van der Waals surface area contributed by atoms with Crippen molar-refractivity contribution < 1.29 is 0 Å². The zero-order valence-corrected chi connectivity index (χ0v) is 12.8. The zero-order chi connectivity index (χ0) is 13.7. The van der Waals surface area contributed by atoms with Gasteiger partial charge in [-0.15, -0.1) is 0 Å². The smallest absolute Gasteiger partial charge is 0.144 e. The van der Waals surface area contributed by atoms with E-state index in [9.17, 15) is 0 Å². The Kier molecular flexibility index (Phi) is 5.12. The van der Waals surface area contributed by atoms with Gasteiger partial charge in [0, 0.05) is 18.7 Å². The van der Waals surface area contributed by atoms with Crippen LogP contribution >= 0.6 is 27.7 Å². The number of nitrogens with one attached hydrogen (secondary N) is 1. The Hall–Kier alpha value is -1.18. The van der Waals surface area contributed by atoms with Gasteiger partial charge in [0.1, 0.15) is 21.7 Å². The lowest BCUT2D eigenvalue weighted by molar-refractivity contribution is 0.810. The van der Waals surface area contributed by atoms with Crippen molar-refractivity contribution in [3.8, 4) is 0 Å². The number of aryl methyl sites for hydroxylation is 1. The molecule has 0 saturated carbocycles. The minimum absolute atomic E-state index is 0.619. The van der Waals surface area contributed by atoms with Gasteiger partial charge in [0.05, 0.1) is 4.47 Å². The highest BCUT2D eigenvalue weighted by Gasteiger charge is 2.08. The lowest BCUT2D eigenvalue weighted by atomic mass is 10.3. The van der Waals surface area contributed by atoms with Gasteiger partial charge < -0.3 is 5.43 Å². The van der Waals surface area contributed by atoms with Crippen molar-refractivity contribution in [3.05, 3.63) is 34.7 Å². The number of aromatic nitrogens is 3. The number of anilines is 1. The maximum Gasteiger partial charge on any atom is 0.144 e. The molecule has 0 amide bonds. The second-order valence-corrected chi connectivity index (χ2v) is 5.66. The highest BCUT2D eigenvalue weighted by molar-refractivity contribution is 9.10. The summed E-state index contributed by atoms with van der Waals surface area (Å²) in [5.74, 6) is 6.84. The molecule has 0 aromatic carbocycles. The monoisotopic (exact) mass is 339 g/mol. The van der Waals surface area contributed by atoms with E-state index >= 15 is 0 Å². The van der Waals surface area contributed by atoms with Crippen molar-refractivity contribution in [2.75, 3.05) is 5.43 Å². The molecule has 0 spiro atoms. The molecule has 0 aliphatic rings. The zero-order valence-electron chi connectivity index (χ0n) is 10.4. The van der Waals surface area contributed by atoms with Gasteiger partial charge in [-0.25, -0.2) is 20.8 Å². The van der Waals surface area contributed by atoms with Crippen LogP contribution in [0.5, 0.6) is 0 Å². The summed E-state index contributed by atoms with van der Waals surface area (Å²) in [6, 6.07) is 5.64. The first-order valence-electron chi connectivity index (χ1n) is 5.86. The van der Waals surface area contributed by atoms with Crippen LogP contribution in [0.3, 0.4) is 0 Å². The number of nitrogen functional groups attached to an aromatic ring is 1. The third-order valence-corrected chi connectivity index (χ3v) is 4.14. The van der Waals surface area contributed by atoms with Gasteiger partial charge in [0.25, 0.3) is 0 Å². The molecule has 0 fully saturated rings. The normalized spacial score (nSPS) is 10.5. The molecule has 100 valence electrons. The molecule has 0 atom stereocenters. The summed E-state index contributed by atoms with van der Waals surface area (Å²) in [6.07, 6.45) is 3.57. The molecule has 2 rings (SSSR count). The van der Waals surface area contributed by atoms with E-state index in [1.54, 1.807) is 6.20 Å². The Balaban J connectivity index is 2.29. The van der Waals surface area contributed by atoms with E-state index in [2.05, 4.69) is 43.2 Å². The van der Waals surface area contributed by atoms with Gasteiger partial charge >= 0.3 is 0 Å². The Bertz CT molecular complexity index is 564. The van der Waals surface area contributed by atoms with Crippen molar-refractivity contribution in [2.24, 2.45) is 5.84 Å². The molecule has 3 N–H and O–H groups in total. The fourth-order valence-electron chi connectivity index (χ4n) is 1.48. The predicted molar refractivity (Wildman–Crippen MR) is 79.9 cm³/mol. The van der Waals surface area contributed by atoms with Crippen LogP contribution in [-0.4, -0.2) is 15.0 Å². The van der Waals surface area contributed by atoms with Crippen molar-refractivity contribution in [1.82, 2.24) is 15.0 Å². The first-order valence-corrected chi connectivity index (χ1v) is 7.46. The van der Waals surface area contributed by atoms with Crippen LogP contribution in [0.2, 0.25) is 0 Å². The summed E-state index contributed by atoms with van der Waals surface area (Å²) >= 11 is 4.95. The summed E-state index contributed by atoms with van der Waals surface area (Å²) < 4.78 is 0.943. The first kappa shape index (κ1) is 14.2. The van der Waals surface area contributed by atoms with E-state index in [4.69, 9.17) is 5.84 Å². The van der Waals surface area contributed by atoms with Crippen molar-refractivity contribution in [3.63, 3.8) is 0 Å². The van der Waals surface area contributed by atoms with Crippen LogP contribution in [0.25, 0.3) is 0 Å². The quantitative estimate of drug-likeness (QED) is 0.495. The molecule has 0 unspecified atom stereocenters. The van der Waals surface area contributed by atoms with Crippen LogP contribution in [0.15, 0.2) is 38.9 Å². The molecule has 7 heteroatoms. The van der Waals surface area contributed by atoms with Gasteiger partial charge in [-0.2, -0.15) is 0 Å². The van der Waals surface area contributed by atoms with Crippen LogP contribution in [0.4, 0.5) is 5.82 Å². The SMILES string of the molecule is CCCc1nc(NN)cc(Sc2ncccc2Br)n1. The number of rotatable bonds is 5. The lowest BCUT2D eigenvalue weighted by Crippen LogP contribution is -2.10. The van der Waals surface area contributed by atoms with E-state index in [1.165, 1.54) is 11.8 Å². The maximum atomic E-state index is 5.43. The third-order valence-electron chi connectivity index (χ3n) is 2.30. The third kappa shape index (κ3) is 3.89. The Labute approximate surface area is 124 Å². The van der Waals surface area contributed by atoms with E-state index < -0.39 is 0 Å². The number of pyridine rings is 1. The van der Waals surface area contributed by atoms with Crippen LogP contribution in [0, 0.1) is 0 Å². The average molecular weight is 340 g/mol. The molecular formula is C12H14BrN5S. The highest BCUT2D eigenvalue weighted by Crippen LogP contribution is 2.31. The Morgan fingerprint density at radius 1 is 1.42 bits per heavy atom. The summed E-state index contributed by atoms with van der Waals surface area (Å²) in [6.45, 7) is 2.09. The largest absolute Gasteiger partial charge is 0.308 e. The summed E-state index contributed by atoms with van der Waals surface area (Å²) in [4.78, 5) is 13.1. The van der Waals surface area contributed by atoms with Crippen molar-refractivity contribution in [2.45, 2.75) is 29.8 Å². The van der Waals surface area contributed by atoms with E-state index in [0.717, 1.165) is 33.2 Å². The summed E-state index contributed by atoms with van der Waals surface area (Å²) in [5.41, 5.74) is 2.57. The number of nitrogens with zero attached hydrogens (tertiary/aromatic N) is 3. The van der Waals surface area contributed by atoms with Crippen LogP contribution in [0.1, 0.15) is 19.2 Å². The standard InChI is InChI=1S/C12H14BrN5S/c1-2-4-9-16-10(18-14)7-11(17-9)19-12-8(13)5-3-6-15-12/h3,5-7H,2,4,14H2,1H3,(H,16,17,18). The topological polar surface area (TPSA) is 76.7 Å². The molecule has 0 radical (unpaired) electrons. The van der Waals surface area contributed by atoms with Crippen LogP contribution < -0.4 is 11.3 Å². The van der Waals surface area contributed by atoms with Gasteiger partial charge in [-0.3, -0.25) is 0 Å². The number of hydrogen-bond donors (Lipinski definition) is 2. The second-order valence-electron chi connectivity index (χ2n) is 3.79. The van der Waals surface area contributed by atoms with Gasteiger partial charge in [0.2, 0.25) is 0 Å². The minimum atomic E-state index is 0.619. The molecule has 2 heterocycles. The summed E-state index contributed by atoms with van der Waals surface area (Å²) in [5, 5.41) is 1.69. The fraction of sp³-hybridized carbons (Fsp3) is 0.250. The predicted octanol–water partition coefficient (Wildman–Crippen LogP) is 3.02. The summed E-state index contributed by atoms with van der Waals surface area (Å²) in [7, 11) is 0. The van der Waals surface area contributed by atoms with E-state index in [0.29, 0.717) is 5.82 Å². The highest BCUT2D eigenvalue weighted by atomic mass is 79.9. The molecule has 5 nitrogen and oxygen atoms in total. The van der Waals surface area contributed by atoms with Gasteiger partial charge in [-0.05, 0) is 46.2 Å². The minimum Gasteiger partial charge on any atom is -0.308 e. The van der Waals surface area contributed by atoms with E-state index in [-0.39, 0.29) is 0 Å². The molecule has 0 saturated heterocycles. The number of nitrogens with two attached hydrogens (primary N) is 1. The Morgan fingerprint density at radius 3 is 2.95 bits per heavy atom. The van der Waals surface area contributed by atoms with Crippen molar-refractivity contribution >= 4 is 33.5 Å². The van der Waals surface area contributed by atoms with Crippen molar-refractivity contribution in [1.29, 1.82) is 0 Å². The van der Waals surface area contributed by atoms with Crippen LogP contribution in [-0.2, 0) is 6.42 Å². The van der Waals surface area contributed by atoms with Gasteiger partial charge in [-0.1, -0.05) is 6.92 Å². The Morgan fingerprint density at radius 2 is 2.26 bits per heavy atom. The molecular weight excluding hydrogens is 326 g/mol. The number of halogens is 1. The average Bonchev–Trinajstić information content (AvgIpc) is 2.41. The maximum absolute atomic E-state index is 5.43. The molecule has 19 heavy (non-hydrogen) atoms. The number of hydrazine groups is 1. The van der Waals surface area contributed by atoms with Gasteiger partial charge in [0.15, 0.2) is 0 Å². The molecule has 0 aliphatic heterocycles. The fourth-order valence-corrected chi connectivity index (χ4v) is 2.78. The second kappa shape index (κ2) is 6.83. The molecule has 0 aliphatic carbocycles. The number of hydrogen-bond acceptors (Lipinski definition) is 6. The first-order chi connectivity index (χ1) is 9.22. The molecule has 2 aromatic rings. The molecule has 0 bridgehead atoms. The molecule has 2 aromatic heterocycles. The van der Waals surface area contributed by atoms with E-state index in [1.807, 2.05) is 18.2 Å². The lowest BCUT2D eigenvalue weighted by Gasteiger charge is -2.07.